The van der Waals surface area contributed by atoms with Crippen LogP contribution in [0.15, 0.2) is 48.5 Å². The van der Waals surface area contributed by atoms with E-state index in [0.29, 0.717) is 25.3 Å². The van der Waals surface area contributed by atoms with Gasteiger partial charge in [-0.25, -0.2) is 12.8 Å². The molecule has 0 aliphatic rings. The molecule has 0 atom stereocenters. The average Bonchev–Trinajstić information content (AvgIpc) is 2.68. The van der Waals surface area contributed by atoms with Gasteiger partial charge in [-0.2, -0.15) is 0 Å². The summed E-state index contributed by atoms with van der Waals surface area (Å²) in [7, 11) is -3.54. The number of ether oxygens (including phenoxy) is 1. The smallest absolute Gasteiger partial charge is 0.232 e. The van der Waals surface area contributed by atoms with Crippen LogP contribution in [0.25, 0.3) is 0 Å². The predicted molar refractivity (Wildman–Crippen MR) is 121 cm³/mol. The summed E-state index contributed by atoms with van der Waals surface area (Å²) in [6.45, 7) is 7.16. The minimum atomic E-state index is -3.54. The van der Waals surface area contributed by atoms with Crippen molar-refractivity contribution in [3.8, 4) is 5.75 Å². The second-order valence-corrected chi connectivity index (χ2v) is 10.3. The van der Waals surface area contributed by atoms with Crippen LogP contribution >= 0.6 is 0 Å². The molecule has 0 saturated carbocycles. The molecule has 0 aliphatic carbocycles. The quantitative estimate of drug-likeness (QED) is 0.558. The second kappa shape index (κ2) is 10.6. The van der Waals surface area contributed by atoms with Crippen molar-refractivity contribution < 1.29 is 22.3 Å². The number of sulfonamides is 1. The summed E-state index contributed by atoms with van der Waals surface area (Å²) in [6, 6.07) is 13.1. The second-order valence-electron chi connectivity index (χ2n) is 8.36. The molecule has 0 bridgehead atoms. The third-order valence-corrected chi connectivity index (χ3v) is 5.85. The molecule has 1 amide bonds. The first kappa shape index (κ1) is 24.7. The number of anilines is 1. The molecule has 31 heavy (non-hydrogen) atoms. The Labute approximate surface area is 184 Å². The highest BCUT2D eigenvalue weighted by atomic mass is 32.2. The Kier molecular flexibility index (Phi) is 8.44. The molecule has 2 rings (SSSR count). The minimum absolute atomic E-state index is 0.0458. The topological polar surface area (TPSA) is 75.7 Å². The summed E-state index contributed by atoms with van der Waals surface area (Å²) in [5.41, 5.74) is 1.42. The van der Waals surface area contributed by atoms with Crippen LogP contribution in [0.2, 0.25) is 0 Å². The van der Waals surface area contributed by atoms with E-state index < -0.39 is 15.8 Å². The van der Waals surface area contributed by atoms with Gasteiger partial charge in [0.2, 0.25) is 15.9 Å². The number of halogens is 1. The number of carbonyl (C=O) groups is 1. The zero-order valence-electron chi connectivity index (χ0n) is 18.5. The molecule has 1 N–H and O–H groups in total. The summed E-state index contributed by atoms with van der Waals surface area (Å²) >= 11 is 0. The molecule has 0 saturated heterocycles. The van der Waals surface area contributed by atoms with Gasteiger partial charge in [0.15, 0.2) is 0 Å². The molecule has 6 nitrogen and oxygen atoms in total. The van der Waals surface area contributed by atoms with Gasteiger partial charge in [0.05, 0.1) is 18.5 Å². The Hall–Kier alpha value is -2.61. The van der Waals surface area contributed by atoms with E-state index in [1.54, 1.807) is 0 Å². The van der Waals surface area contributed by atoms with E-state index in [1.807, 2.05) is 24.3 Å². The Morgan fingerprint density at radius 3 is 2.35 bits per heavy atom. The SMILES string of the molecule is CC(C)(C)c1ccccc1OCCNC(=O)CCCN(c1ccc(F)cc1)S(C)(=O)=O. The number of nitrogens with one attached hydrogen (secondary N) is 1. The van der Waals surface area contributed by atoms with Crippen molar-refractivity contribution in [1.82, 2.24) is 5.32 Å². The van der Waals surface area contributed by atoms with Crippen LogP contribution in [-0.2, 0) is 20.2 Å². The van der Waals surface area contributed by atoms with Crippen molar-refractivity contribution in [2.24, 2.45) is 0 Å². The summed E-state index contributed by atoms with van der Waals surface area (Å²) in [6.07, 6.45) is 1.60. The van der Waals surface area contributed by atoms with Gasteiger partial charge in [0.25, 0.3) is 0 Å². The third kappa shape index (κ3) is 7.86. The van der Waals surface area contributed by atoms with Gasteiger partial charge >= 0.3 is 0 Å². The number of amides is 1. The highest BCUT2D eigenvalue weighted by Crippen LogP contribution is 2.30. The Morgan fingerprint density at radius 2 is 1.74 bits per heavy atom. The Bertz CT molecular complexity index is 970. The van der Waals surface area contributed by atoms with Gasteiger partial charge in [-0.1, -0.05) is 39.0 Å². The highest BCUT2D eigenvalue weighted by Gasteiger charge is 2.19. The van der Waals surface area contributed by atoms with E-state index in [2.05, 4.69) is 26.1 Å². The summed E-state index contributed by atoms with van der Waals surface area (Å²) in [4.78, 5) is 12.1. The lowest BCUT2D eigenvalue weighted by atomic mass is 9.86. The summed E-state index contributed by atoms with van der Waals surface area (Å²) < 4.78 is 44.2. The number of hydrogen-bond donors (Lipinski definition) is 1. The van der Waals surface area contributed by atoms with Gasteiger partial charge in [-0.3, -0.25) is 9.10 Å². The van der Waals surface area contributed by atoms with E-state index in [9.17, 15) is 17.6 Å². The molecule has 0 radical (unpaired) electrons. The summed E-state index contributed by atoms with van der Waals surface area (Å²) in [5.74, 6) is 0.177. The lowest BCUT2D eigenvalue weighted by Gasteiger charge is -2.23. The number of para-hydroxylation sites is 1. The molecular formula is C23H31FN2O4S. The predicted octanol–water partition coefficient (Wildman–Crippen LogP) is 3.86. The van der Waals surface area contributed by atoms with Crippen molar-refractivity contribution in [2.45, 2.75) is 39.0 Å². The fraction of sp³-hybridized carbons (Fsp3) is 0.435. The van der Waals surface area contributed by atoms with E-state index in [1.165, 1.54) is 28.6 Å². The number of benzene rings is 2. The van der Waals surface area contributed by atoms with E-state index in [0.717, 1.165) is 17.6 Å². The average molecular weight is 451 g/mol. The van der Waals surface area contributed by atoms with Crippen molar-refractivity contribution in [3.63, 3.8) is 0 Å². The van der Waals surface area contributed by atoms with E-state index in [-0.39, 0.29) is 24.3 Å². The molecule has 0 unspecified atom stereocenters. The van der Waals surface area contributed by atoms with Crippen molar-refractivity contribution >= 4 is 21.6 Å². The largest absolute Gasteiger partial charge is 0.491 e. The van der Waals surface area contributed by atoms with Crippen LogP contribution in [0.1, 0.15) is 39.2 Å². The monoisotopic (exact) mass is 450 g/mol. The van der Waals surface area contributed by atoms with Crippen molar-refractivity contribution in [2.75, 3.05) is 30.3 Å². The van der Waals surface area contributed by atoms with Gasteiger partial charge < -0.3 is 10.1 Å². The van der Waals surface area contributed by atoms with Gasteiger partial charge in [-0.05, 0) is 47.7 Å². The number of nitrogens with zero attached hydrogens (tertiary/aromatic N) is 1. The Balaban J connectivity index is 1.79. The molecule has 8 heteroatoms. The summed E-state index contributed by atoms with van der Waals surface area (Å²) in [5, 5.41) is 2.79. The molecule has 0 heterocycles. The zero-order valence-corrected chi connectivity index (χ0v) is 19.3. The van der Waals surface area contributed by atoms with Crippen LogP contribution < -0.4 is 14.4 Å². The normalized spacial score (nSPS) is 11.8. The van der Waals surface area contributed by atoms with Crippen LogP contribution in [0, 0.1) is 5.82 Å². The van der Waals surface area contributed by atoms with Crippen LogP contribution in [0.5, 0.6) is 5.75 Å². The van der Waals surface area contributed by atoms with Crippen molar-refractivity contribution in [3.05, 3.63) is 59.9 Å². The van der Waals surface area contributed by atoms with E-state index in [4.69, 9.17) is 4.74 Å². The van der Waals surface area contributed by atoms with Crippen LogP contribution in [-0.4, -0.2) is 40.3 Å². The Morgan fingerprint density at radius 1 is 1.10 bits per heavy atom. The lowest BCUT2D eigenvalue weighted by molar-refractivity contribution is -0.121. The molecule has 0 spiro atoms. The minimum Gasteiger partial charge on any atom is -0.491 e. The number of carbonyl (C=O) groups excluding carboxylic acids is 1. The molecule has 2 aromatic carbocycles. The first-order valence-corrected chi connectivity index (χ1v) is 12.1. The first-order chi connectivity index (χ1) is 14.5. The maximum atomic E-state index is 13.1. The highest BCUT2D eigenvalue weighted by molar-refractivity contribution is 7.92. The zero-order chi connectivity index (χ0) is 23.1. The first-order valence-electron chi connectivity index (χ1n) is 10.2. The maximum Gasteiger partial charge on any atom is 0.232 e. The lowest BCUT2D eigenvalue weighted by Crippen LogP contribution is -2.33. The fourth-order valence-electron chi connectivity index (χ4n) is 3.13. The third-order valence-electron chi connectivity index (χ3n) is 4.66. The molecule has 2 aromatic rings. The number of hydrogen-bond acceptors (Lipinski definition) is 4. The van der Waals surface area contributed by atoms with E-state index >= 15 is 0 Å². The van der Waals surface area contributed by atoms with Gasteiger partial charge in [0.1, 0.15) is 18.2 Å². The molecule has 170 valence electrons. The molecular weight excluding hydrogens is 419 g/mol. The van der Waals surface area contributed by atoms with Crippen LogP contribution in [0.3, 0.4) is 0 Å². The molecule has 0 aromatic heterocycles. The van der Waals surface area contributed by atoms with Gasteiger partial charge in [0, 0.05) is 13.0 Å². The number of rotatable bonds is 10. The van der Waals surface area contributed by atoms with Gasteiger partial charge in [-0.15, -0.1) is 0 Å². The molecule has 0 aliphatic heterocycles. The molecule has 0 fully saturated rings. The van der Waals surface area contributed by atoms with Crippen molar-refractivity contribution in [1.29, 1.82) is 0 Å². The van der Waals surface area contributed by atoms with Crippen LogP contribution in [0.4, 0.5) is 10.1 Å². The standard InChI is InChI=1S/C23H31FN2O4S/c1-23(2,3)20-8-5-6-9-21(20)30-17-15-25-22(27)10-7-16-26(31(4,28)29)19-13-11-18(24)12-14-19/h5-6,8-9,11-14H,7,10,15-17H2,1-4H3,(H,25,27). The fourth-order valence-corrected chi connectivity index (χ4v) is 4.09. The maximum absolute atomic E-state index is 13.1.